The summed E-state index contributed by atoms with van der Waals surface area (Å²) in [5.74, 6) is 0.906. The second-order valence-corrected chi connectivity index (χ2v) is 4.73. The van der Waals surface area contributed by atoms with Crippen LogP contribution in [0.3, 0.4) is 0 Å². The molecule has 1 rings (SSSR count). The fourth-order valence-electron chi connectivity index (χ4n) is 1.16. The number of rotatable bonds is 4. The van der Waals surface area contributed by atoms with Gasteiger partial charge in [-0.1, -0.05) is 0 Å². The Bertz CT molecular complexity index is 297. The SMILES string of the molecule is [CH]NS(=O)(=O)CCN1CCN=C1C. The highest BCUT2D eigenvalue weighted by Gasteiger charge is 2.15. The van der Waals surface area contributed by atoms with Crippen LogP contribution in [0.25, 0.3) is 0 Å². The normalized spacial score (nSPS) is 17.7. The third-order valence-corrected chi connectivity index (χ3v) is 3.06. The van der Waals surface area contributed by atoms with Crippen LogP contribution in [0.2, 0.25) is 0 Å². The molecule has 13 heavy (non-hydrogen) atoms. The predicted octanol–water partition coefficient (Wildman–Crippen LogP) is -0.692. The van der Waals surface area contributed by atoms with Crippen LogP contribution < -0.4 is 4.72 Å². The maximum atomic E-state index is 11.0. The summed E-state index contributed by atoms with van der Waals surface area (Å²) < 4.78 is 23.7. The third kappa shape index (κ3) is 2.96. The minimum absolute atomic E-state index is 0.0103. The van der Waals surface area contributed by atoms with Gasteiger partial charge in [0.05, 0.1) is 25.2 Å². The molecule has 0 aromatic heterocycles. The molecule has 2 radical (unpaired) electrons. The molecule has 0 saturated heterocycles. The van der Waals surface area contributed by atoms with Crippen molar-refractivity contribution in [2.75, 3.05) is 25.4 Å². The minimum Gasteiger partial charge on any atom is -0.358 e. The van der Waals surface area contributed by atoms with E-state index in [1.807, 2.05) is 11.8 Å². The van der Waals surface area contributed by atoms with Crippen LogP contribution in [0, 0.1) is 7.05 Å². The van der Waals surface area contributed by atoms with Gasteiger partial charge in [-0.15, -0.1) is 0 Å². The molecule has 0 saturated carbocycles. The number of aliphatic imine (C=N–C) groups is 1. The maximum absolute atomic E-state index is 11.0. The van der Waals surface area contributed by atoms with E-state index in [4.69, 9.17) is 7.05 Å². The molecule has 0 unspecified atom stereocenters. The van der Waals surface area contributed by atoms with Crippen molar-refractivity contribution >= 4 is 15.9 Å². The molecule has 5 nitrogen and oxygen atoms in total. The van der Waals surface area contributed by atoms with Crippen molar-refractivity contribution in [3.63, 3.8) is 0 Å². The molecule has 0 fully saturated rings. The second-order valence-electron chi connectivity index (χ2n) is 2.85. The van der Waals surface area contributed by atoms with Gasteiger partial charge < -0.3 is 4.90 Å². The van der Waals surface area contributed by atoms with E-state index < -0.39 is 10.0 Å². The van der Waals surface area contributed by atoms with Gasteiger partial charge in [-0.05, 0) is 6.92 Å². The largest absolute Gasteiger partial charge is 0.358 e. The maximum Gasteiger partial charge on any atom is 0.213 e. The Morgan fingerprint density at radius 3 is 2.85 bits per heavy atom. The standard InChI is InChI=1S/C7H13N3O2S/c1-7-9-3-4-10(7)5-6-13(11,12)8-2/h2,8H,3-6H2,1H3. The molecule has 1 N–H and O–H groups in total. The molecule has 0 bridgehead atoms. The molecule has 0 aliphatic carbocycles. The number of nitrogens with one attached hydrogen (secondary N) is 1. The van der Waals surface area contributed by atoms with Crippen molar-refractivity contribution in [2.45, 2.75) is 6.92 Å². The second kappa shape index (κ2) is 4.06. The van der Waals surface area contributed by atoms with Gasteiger partial charge in [0.1, 0.15) is 0 Å². The molecular formula is C7H13N3O2S. The first-order chi connectivity index (χ1) is 6.05. The number of sulfonamides is 1. The van der Waals surface area contributed by atoms with Gasteiger partial charge >= 0.3 is 0 Å². The first-order valence-corrected chi connectivity index (χ1v) is 5.66. The zero-order valence-corrected chi connectivity index (χ0v) is 8.34. The molecule has 0 spiro atoms. The summed E-state index contributed by atoms with van der Waals surface area (Å²) in [5.41, 5.74) is 0. The van der Waals surface area contributed by atoms with E-state index in [0.717, 1.165) is 18.9 Å². The number of nitrogens with zero attached hydrogens (tertiary/aromatic N) is 2. The van der Waals surface area contributed by atoms with Crippen LogP contribution in [0.1, 0.15) is 6.92 Å². The fraction of sp³-hybridized carbons (Fsp3) is 0.714. The van der Waals surface area contributed by atoms with Crippen LogP contribution >= 0.6 is 0 Å². The smallest absolute Gasteiger partial charge is 0.213 e. The Hall–Kier alpha value is -0.620. The average Bonchev–Trinajstić information content (AvgIpc) is 2.48. The Morgan fingerprint density at radius 2 is 2.38 bits per heavy atom. The lowest BCUT2D eigenvalue weighted by Gasteiger charge is -2.17. The summed E-state index contributed by atoms with van der Waals surface area (Å²) >= 11 is 0. The Labute approximate surface area is 78.9 Å². The first kappa shape index (κ1) is 10.5. The molecule has 0 aromatic carbocycles. The number of hydrogen-bond donors (Lipinski definition) is 1. The summed E-state index contributed by atoms with van der Waals surface area (Å²) in [7, 11) is 1.54. The lowest BCUT2D eigenvalue weighted by molar-refractivity contribution is 0.476. The van der Waals surface area contributed by atoms with Crippen LogP contribution in [0.5, 0.6) is 0 Å². The fourth-order valence-corrected chi connectivity index (χ4v) is 1.74. The van der Waals surface area contributed by atoms with Gasteiger partial charge in [-0.25, -0.2) is 13.1 Å². The number of hydrogen-bond acceptors (Lipinski definition) is 4. The van der Waals surface area contributed by atoms with Crippen molar-refractivity contribution < 1.29 is 8.42 Å². The number of amidine groups is 1. The molecule has 1 aliphatic rings. The van der Waals surface area contributed by atoms with E-state index in [0.29, 0.717) is 6.54 Å². The molecular weight excluding hydrogens is 190 g/mol. The minimum atomic E-state index is -3.30. The van der Waals surface area contributed by atoms with E-state index in [2.05, 4.69) is 4.99 Å². The van der Waals surface area contributed by atoms with E-state index in [9.17, 15) is 8.42 Å². The van der Waals surface area contributed by atoms with Gasteiger partial charge in [-0.3, -0.25) is 4.99 Å². The Morgan fingerprint density at radius 1 is 1.69 bits per heavy atom. The molecule has 74 valence electrons. The van der Waals surface area contributed by atoms with E-state index in [1.165, 1.54) is 0 Å². The van der Waals surface area contributed by atoms with Gasteiger partial charge in [0.25, 0.3) is 0 Å². The Kier molecular flexibility index (Phi) is 3.27. The average molecular weight is 203 g/mol. The summed E-state index contributed by atoms with van der Waals surface area (Å²) in [4.78, 5) is 6.07. The van der Waals surface area contributed by atoms with Crippen molar-refractivity contribution in [2.24, 2.45) is 4.99 Å². The van der Waals surface area contributed by atoms with Crippen LogP contribution in [0.15, 0.2) is 4.99 Å². The lowest BCUT2D eigenvalue weighted by Crippen LogP contribution is -2.33. The van der Waals surface area contributed by atoms with Gasteiger partial charge in [0.15, 0.2) is 0 Å². The van der Waals surface area contributed by atoms with E-state index in [1.54, 1.807) is 4.72 Å². The first-order valence-electron chi connectivity index (χ1n) is 4.01. The van der Waals surface area contributed by atoms with Crippen LogP contribution in [0.4, 0.5) is 0 Å². The quantitative estimate of drug-likeness (QED) is 0.615. The predicted molar refractivity (Wildman–Crippen MR) is 50.8 cm³/mol. The summed E-state index contributed by atoms with van der Waals surface area (Å²) in [6.07, 6.45) is 0. The van der Waals surface area contributed by atoms with Crippen LogP contribution in [-0.4, -0.2) is 44.5 Å². The van der Waals surface area contributed by atoms with Crippen molar-refractivity contribution in [3.8, 4) is 0 Å². The van der Waals surface area contributed by atoms with Crippen molar-refractivity contribution in [1.29, 1.82) is 0 Å². The van der Waals surface area contributed by atoms with Gasteiger partial charge in [0, 0.05) is 13.1 Å². The summed E-state index contributed by atoms with van der Waals surface area (Å²) in [6, 6.07) is 0. The highest BCUT2D eigenvalue weighted by atomic mass is 32.2. The topological polar surface area (TPSA) is 61.8 Å². The zero-order chi connectivity index (χ0) is 9.90. The Balaban J connectivity index is 2.39. The van der Waals surface area contributed by atoms with E-state index >= 15 is 0 Å². The highest BCUT2D eigenvalue weighted by Crippen LogP contribution is 2.00. The van der Waals surface area contributed by atoms with Gasteiger partial charge in [-0.2, -0.15) is 0 Å². The summed E-state index contributed by atoms with van der Waals surface area (Å²) in [5, 5.41) is 0. The van der Waals surface area contributed by atoms with Gasteiger partial charge in [0.2, 0.25) is 10.0 Å². The van der Waals surface area contributed by atoms with E-state index in [-0.39, 0.29) is 5.75 Å². The molecule has 0 atom stereocenters. The monoisotopic (exact) mass is 203 g/mol. The molecule has 0 amide bonds. The molecule has 1 aliphatic heterocycles. The third-order valence-electron chi connectivity index (χ3n) is 1.98. The molecule has 1 heterocycles. The molecule has 0 aromatic rings. The van der Waals surface area contributed by atoms with Crippen molar-refractivity contribution in [1.82, 2.24) is 9.62 Å². The highest BCUT2D eigenvalue weighted by molar-refractivity contribution is 7.89. The summed E-state index contributed by atoms with van der Waals surface area (Å²) in [6.45, 7) is 3.87. The zero-order valence-electron chi connectivity index (χ0n) is 7.52. The molecule has 6 heteroatoms. The van der Waals surface area contributed by atoms with Crippen LogP contribution in [-0.2, 0) is 10.0 Å². The lowest BCUT2D eigenvalue weighted by atomic mass is 10.5. The van der Waals surface area contributed by atoms with Crippen molar-refractivity contribution in [3.05, 3.63) is 7.05 Å².